The van der Waals surface area contributed by atoms with Crippen LogP contribution in [0.2, 0.25) is 0 Å². The minimum absolute atomic E-state index is 0.0338. The van der Waals surface area contributed by atoms with Crippen molar-refractivity contribution in [3.8, 4) is 5.75 Å². The highest BCUT2D eigenvalue weighted by Gasteiger charge is 2.23. The quantitative estimate of drug-likeness (QED) is 0.851. The summed E-state index contributed by atoms with van der Waals surface area (Å²) in [5, 5.41) is 2.31. The summed E-state index contributed by atoms with van der Waals surface area (Å²) in [5.74, 6) is 0.803. The molecule has 1 aliphatic carbocycles. The van der Waals surface area contributed by atoms with Crippen molar-refractivity contribution in [1.82, 2.24) is 4.98 Å². The third-order valence-corrected chi connectivity index (χ3v) is 3.62. The molecular weight excluding hydrogens is 260 g/mol. The second-order valence-corrected chi connectivity index (χ2v) is 5.51. The Labute approximate surface area is 115 Å². The predicted molar refractivity (Wildman–Crippen MR) is 74.7 cm³/mol. The molecule has 1 saturated carbocycles. The van der Waals surface area contributed by atoms with Gasteiger partial charge in [-0.15, -0.1) is 11.3 Å². The lowest BCUT2D eigenvalue weighted by Gasteiger charge is -2.05. The summed E-state index contributed by atoms with van der Waals surface area (Å²) in [6, 6.07) is 7.34. The number of carbonyl (C=O) groups is 1. The van der Waals surface area contributed by atoms with E-state index in [4.69, 9.17) is 10.5 Å². The number of ketones is 1. The molecule has 2 aromatic rings. The molecule has 19 heavy (non-hydrogen) atoms. The molecule has 0 bridgehead atoms. The summed E-state index contributed by atoms with van der Waals surface area (Å²) in [5.41, 5.74) is 6.94. The van der Waals surface area contributed by atoms with Crippen LogP contribution in [0, 0.1) is 0 Å². The van der Waals surface area contributed by atoms with E-state index in [-0.39, 0.29) is 12.2 Å². The van der Waals surface area contributed by atoms with E-state index in [0.29, 0.717) is 16.8 Å². The smallest absolute Gasteiger partial charge is 0.180 e. The number of ether oxygens (including phenoxy) is 1. The van der Waals surface area contributed by atoms with Crippen LogP contribution >= 0.6 is 11.3 Å². The largest absolute Gasteiger partial charge is 0.490 e. The average molecular weight is 274 g/mol. The molecule has 0 saturated heterocycles. The van der Waals surface area contributed by atoms with Crippen LogP contribution in [0.5, 0.6) is 5.75 Å². The van der Waals surface area contributed by atoms with Crippen molar-refractivity contribution >= 4 is 22.3 Å². The Kier molecular flexibility index (Phi) is 3.21. The molecular formula is C14H14N2O2S. The fraction of sp³-hybridized carbons (Fsp3) is 0.286. The lowest BCUT2D eigenvalue weighted by Crippen LogP contribution is -2.05. The molecule has 0 amide bonds. The average Bonchev–Trinajstić information content (AvgIpc) is 3.11. The number of thiazole rings is 1. The van der Waals surface area contributed by atoms with E-state index in [0.717, 1.165) is 24.3 Å². The SMILES string of the molecule is Nc1nc(CC(=O)c2cccc(OC3CC3)c2)cs1. The maximum absolute atomic E-state index is 12.1. The van der Waals surface area contributed by atoms with Gasteiger partial charge in [0.25, 0.3) is 0 Å². The van der Waals surface area contributed by atoms with Crippen molar-refractivity contribution in [3.05, 3.63) is 40.9 Å². The number of rotatable bonds is 5. The summed E-state index contributed by atoms with van der Waals surface area (Å²) < 4.78 is 5.68. The number of aromatic nitrogens is 1. The Balaban J connectivity index is 1.71. The summed E-state index contributed by atoms with van der Waals surface area (Å²) in [4.78, 5) is 16.2. The minimum atomic E-state index is 0.0338. The molecule has 5 heteroatoms. The van der Waals surface area contributed by atoms with Gasteiger partial charge in [-0.05, 0) is 25.0 Å². The number of hydrogen-bond acceptors (Lipinski definition) is 5. The second-order valence-electron chi connectivity index (χ2n) is 4.62. The lowest BCUT2D eigenvalue weighted by molar-refractivity contribution is 0.0991. The van der Waals surface area contributed by atoms with Crippen LogP contribution in [-0.2, 0) is 6.42 Å². The van der Waals surface area contributed by atoms with Crippen molar-refractivity contribution in [1.29, 1.82) is 0 Å². The lowest BCUT2D eigenvalue weighted by atomic mass is 10.1. The number of nitrogens with zero attached hydrogens (tertiary/aromatic N) is 1. The molecule has 1 fully saturated rings. The van der Waals surface area contributed by atoms with Crippen molar-refractivity contribution in [2.45, 2.75) is 25.4 Å². The van der Waals surface area contributed by atoms with Crippen LogP contribution in [0.4, 0.5) is 5.13 Å². The first kappa shape index (κ1) is 12.2. The van der Waals surface area contributed by atoms with Crippen LogP contribution in [-0.4, -0.2) is 16.9 Å². The summed E-state index contributed by atoms with van der Waals surface area (Å²) >= 11 is 1.35. The van der Waals surface area contributed by atoms with Gasteiger partial charge in [0.1, 0.15) is 5.75 Å². The van der Waals surface area contributed by atoms with Crippen LogP contribution in [0.3, 0.4) is 0 Å². The first-order valence-corrected chi connectivity index (χ1v) is 7.08. The number of Topliss-reactive ketones (excluding diaryl/α,β-unsaturated/α-hetero) is 1. The van der Waals surface area contributed by atoms with E-state index < -0.39 is 0 Å². The van der Waals surface area contributed by atoms with E-state index in [1.807, 2.05) is 17.5 Å². The Morgan fingerprint density at radius 2 is 2.32 bits per heavy atom. The molecule has 1 aromatic carbocycles. The van der Waals surface area contributed by atoms with Gasteiger partial charge >= 0.3 is 0 Å². The van der Waals surface area contributed by atoms with E-state index in [9.17, 15) is 4.79 Å². The molecule has 4 nitrogen and oxygen atoms in total. The topological polar surface area (TPSA) is 65.2 Å². The number of nitrogens with two attached hydrogens (primary N) is 1. The highest BCUT2D eigenvalue weighted by molar-refractivity contribution is 7.13. The molecule has 1 aromatic heterocycles. The van der Waals surface area contributed by atoms with Crippen LogP contribution in [0.15, 0.2) is 29.6 Å². The zero-order valence-electron chi connectivity index (χ0n) is 10.3. The van der Waals surface area contributed by atoms with Gasteiger partial charge in [0.2, 0.25) is 0 Å². The third-order valence-electron chi connectivity index (χ3n) is 2.89. The number of anilines is 1. The summed E-state index contributed by atoms with van der Waals surface area (Å²) in [6.07, 6.45) is 2.83. The minimum Gasteiger partial charge on any atom is -0.490 e. The molecule has 0 unspecified atom stereocenters. The Morgan fingerprint density at radius 3 is 3.00 bits per heavy atom. The monoisotopic (exact) mass is 274 g/mol. The normalized spacial score (nSPS) is 14.3. The third kappa shape index (κ3) is 3.12. The first-order valence-electron chi connectivity index (χ1n) is 6.20. The maximum Gasteiger partial charge on any atom is 0.180 e. The van der Waals surface area contributed by atoms with Gasteiger partial charge in [-0.1, -0.05) is 12.1 Å². The van der Waals surface area contributed by atoms with Gasteiger partial charge in [0.15, 0.2) is 10.9 Å². The van der Waals surface area contributed by atoms with Gasteiger partial charge in [0.05, 0.1) is 18.2 Å². The number of benzene rings is 1. The van der Waals surface area contributed by atoms with Crippen molar-refractivity contribution < 1.29 is 9.53 Å². The molecule has 1 aliphatic rings. The Hall–Kier alpha value is -1.88. The molecule has 3 rings (SSSR count). The summed E-state index contributed by atoms with van der Waals surface area (Å²) in [6.45, 7) is 0. The van der Waals surface area contributed by atoms with Gasteiger partial charge in [0, 0.05) is 10.9 Å². The Bertz CT molecular complexity index is 605. The van der Waals surface area contributed by atoms with E-state index >= 15 is 0 Å². The van der Waals surface area contributed by atoms with Crippen LogP contribution in [0.25, 0.3) is 0 Å². The fourth-order valence-corrected chi connectivity index (χ4v) is 2.35. The zero-order chi connectivity index (χ0) is 13.2. The number of carbonyl (C=O) groups excluding carboxylic acids is 1. The molecule has 0 radical (unpaired) electrons. The second kappa shape index (κ2) is 5.01. The summed E-state index contributed by atoms with van der Waals surface area (Å²) in [7, 11) is 0. The molecule has 1 heterocycles. The van der Waals surface area contributed by atoms with Crippen LogP contribution in [0.1, 0.15) is 28.9 Å². The van der Waals surface area contributed by atoms with Gasteiger partial charge in [-0.25, -0.2) is 4.98 Å². The van der Waals surface area contributed by atoms with Crippen LogP contribution < -0.4 is 10.5 Å². The number of hydrogen-bond donors (Lipinski definition) is 1. The predicted octanol–water partition coefficient (Wildman–Crippen LogP) is 2.69. The van der Waals surface area contributed by atoms with E-state index in [2.05, 4.69) is 4.98 Å². The van der Waals surface area contributed by atoms with Gasteiger partial charge in [-0.2, -0.15) is 0 Å². The first-order chi connectivity index (χ1) is 9.20. The molecule has 2 N–H and O–H groups in total. The van der Waals surface area contributed by atoms with E-state index in [1.54, 1.807) is 12.1 Å². The van der Waals surface area contributed by atoms with Crippen molar-refractivity contribution in [2.75, 3.05) is 5.73 Å². The Morgan fingerprint density at radius 1 is 1.47 bits per heavy atom. The maximum atomic E-state index is 12.1. The molecule has 0 atom stereocenters. The van der Waals surface area contributed by atoms with Gasteiger partial charge in [-0.3, -0.25) is 4.79 Å². The number of nitrogen functional groups attached to an aromatic ring is 1. The molecule has 98 valence electrons. The van der Waals surface area contributed by atoms with Gasteiger partial charge < -0.3 is 10.5 Å². The van der Waals surface area contributed by atoms with Crippen molar-refractivity contribution in [2.24, 2.45) is 0 Å². The molecule has 0 aliphatic heterocycles. The van der Waals surface area contributed by atoms with E-state index in [1.165, 1.54) is 11.3 Å². The fourth-order valence-electron chi connectivity index (χ4n) is 1.79. The highest BCUT2D eigenvalue weighted by atomic mass is 32.1. The zero-order valence-corrected chi connectivity index (χ0v) is 11.2. The van der Waals surface area contributed by atoms with Crippen molar-refractivity contribution in [3.63, 3.8) is 0 Å². The standard InChI is InChI=1S/C14H14N2O2S/c15-14-16-10(8-19-14)7-13(17)9-2-1-3-12(6-9)18-11-4-5-11/h1-3,6,8,11H,4-5,7H2,(H2,15,16). The molecule has 0 spiro atoms. The highest BCUT2D eigenvalue weighted by Crippen LogP contribution is 2.27.